The van der Waals surface area contributed by atoms with Crippen LogP contribution < -0.4 is 0 Å². The van der Waals surface area contributed by atoms with Crippen molar-refractivity contribution < 1.29 is 14.3 Å². The second-order valence-electron chi connectivity index (χ2n) is 4.07. The minimum Gasteiger partial charge on any atom is -0.466 e. The summed E-state index contributed by atoms with van der Waals surface area (Å²) in [5.41, 5.74) is 0.650. The third-order valence-corrected chi connectivity index (χ3v) is 3.83. The van der Waals surface area contributed by atoms with Crippen LogP contribution in [-0.4, -0.2) is 19.2 Å². The summed E-state index contributed by atoms with van der Waals surface area (Å²) in [4.78, 5) is 12.9. The van der Waals surface area contributed by atoms with E-state index in [9.17, 15) is 4.79 Å². The lowest BCUT2D eigenvalue weighted by molar-refractivity contribution is -0.152. The van der Waals surface area contributed by atoms with E-state index in [2.05, 4.69) is 11.4 Å². The van der Waals surface area contributed by atoms with Crippen LogP contribution in [-0.2, 0) is 26.3 Å². The standard InChI is InChI=1S/C12H16O3S/c1-3-14-11(13)8-12(2)9-5-7-16-10(9)4-6-15-12/h5,7H,3-4,6,8H2,1-2H3. The fraction of sp³-hybridized carbons (Fsp3) is 0.583. The minimum atomic E-state index is -0.500. The van der Waals surface area contributed by atoms with Crippen LogP contribution in [0.3, 0.4) is 0 Å². The number of hydrogen-bond donors (Lipinski definition) is 0. The number of carbonyl (C=O) groups is 1. The Bertz CT molecular complexity index is 385. The van der Waals surface area contributed by atoms with Crippen LogP contribution in [0, 0.1) is 0 Å². The summed E-state index contributed by atoms with van der Waals surface area (Å²) in [6.07, 6.45) is 1.25. The molecule has 0 spiro atoms. The van der Waals surface area contributed by atoms with Gasteiger partial charge < -0.3 is 9.47 Å². The first-order valence-corrected chi connectivity index (χ1v) is 6.40. The summed E-state index contributed by atoms with van der Waals surface area (Å²) >= 11 is 1.74. The number of esters is 1. The van der Waals surface area contributed by atoms with Crippen molar-refractivity contribution in [2.24, 2.45) is 0 Å². The molecule has 1 atom stereocenters. The molecule has 3 nitrogen and oxygen atoms in total. The average molecular weight is 240 g/mol. The van der Waals surface area contributed by atoms with E-state index in [1.807, 2.05) is 13.8 Å². The Morgan fingerprint density at radius 1 is 1.69 bits per heavy atom. The Morgan fingerprint density at radius 3 is 3.25 bits per heavy atom. The fourth-order valence-corrected chi connectivity index (χ4v) is 3.07. The molecule has 1 aromatic rings. The summed E-state index contributed by atoms with van der Waals surface area (Å²) in [6, 6.07) is 2.05. The maximum absolute atomic E-state index is 11.5. The van der Waals surface area contributed by atoms with Gasteiger partial charge in [0.2, 0.25) is 0 Å². The van der Waals surface area contributed by atoms with Gasteiger partial charge in [-0.3, -0.25) is 4.79 Å². The minimum absolute atomic E-state index is 0.191. The monoisotopic (exact) mass is 240 g/mol. The highest BCUT2D eigenvalue weighted by atomic mass is 32.1. The lowest BCUT2D eigenvalue weighted by Crippen LogP contribution is -2.34. The predicted octanol–water partition coefficient (Wildman–Crippen LogP) is 2.49. The molecule has 0 N–H and O–H groups in total. The normalized spacial score (nSPS) is 23.9. The molecular formula is C12H16O3S. The van der Waals surface area contributed by atoms with E-state index >= 15 is 0 Å². The van der Waals surface area contributed by atoms with Crippen LogP contribution >= 0.6 is 11.3 Å². The molecule has 0 saturated heterocycles. The Labute approximate surface area is 99.4 Å². The predicted molar refractivity (Wildman–Crippen MR) is 62.6 cm³/mol. The van der Waals surface area contributed by atoms with E-state index in [1.165, 1.54) is 4.88 Å². The summed E-state index contributed by atoms with van der Waals surface area (Å²) in [5.74, 6) is -0.191. The Kier molecular flexibility index (Phi) is 3.30. The number of fused-ring (bicyclic) bond motifs is 1. The SMILES string of the molecule is CCOC(=O)CC1(C)OCCc2sccc21. The molecule has 0 amide bonds. The second-order valence-corrected chi connectivity index (χ2v) is 5.07. The number of thiophene rings is 1. The van der Waals surface area contributed by atoms with Gasteiger partial charge in [0.15, 0.2) is 0 Å². The first kappa shape index (κ1) is 11.6. The zero-order valence-electron chi connectivity index (χ0n) is 9.62. The Morgan fingerprint density at radius 2 is 2.50 bits per heavy atom. The van der Waals surface area contributed by atoms with Crippen LogP contribution in [0.25, 0.3) is 0 Å². The van der Waals surface area contributed by atoms with Crippen LogP contribution in [0.1, 0.15) is 30.7 Å². The molecule has 0 aromatic carbocycles. The van der Waals surface area contributed by atoms with E-state index in [0.29, 0.717) is 19.6 Å². The average Bonchev–Trinajstić information content (AvgIpc) is 2.67. The number of carbonyl (C=O) groups excluding carboxylic acids is 1. The molecule has 0 fully saturated rings. The van der Waals surface area contributed by atoms with Crippen molar-refractivity contribution in [2.45, 2.75) is 32.3 Å². The van der Waals surface area contributed by atoms with Crippen LogP contribution in [0.4, 0.5) is 0 Å². The van der Waals surface area contributed by atoms with Gasteiger partial charge >= 0.3 is 5.97 Å². The summed E-state index contributed by atoms with van der Waals surface area (Å²) in [5, 5.41) is 2.06. The molecule has 0 aliphatic carbocycles. The van der Waals surface area contributed by atoms with Gasteiger partial charge in [-0.25, -0.2) is 0 Å². The van der Waals surface area contributed by atoms with Gasteiger partial charge in [-0.1, -0.05) is 0 Å². The van der Waals surface area contributed by atoms with Gasteiger partial charge in [0.1, 0.15) is 5.60 Å². The van der Waals surface area contributed by atoms with Crippen molar-refractivity contribution in [2.75, 3.05) is 13.2 Å². The number of ether oxygens (including phenoxy) is 2. The molecule has 0 saturated carbocycles. The molecule has 2 rings (SSSR count). The molecule has 1 aliphatic heterocycles. The molecule has 0 radical (unpaired) electrons. The number of rotatable bonds is 3. The lowest BCUT2D eigenvalue weighted by atomic mass is 9.90. The first-order chi connectivity index (χ1) is 7.65. The van der Waals surface area contributed by atoms with E-state index < -0.39 is 5.60 Å². The van der Waals surface area contributed by atoms with Gasteiger partial charge in [-0.2, -0.15) is 0 Å². The maximum atomic E-state index is 11.5. The summed E-state index contributed by atoms with van der Waals surface area (Å²) in [7, 11) is 0. The fourth-order valence-electron chi connectivity index (χ4n) is 2.09. The molecule has 1 aliphatic rings. The summed E-state index contributed by atoms with van der Waals surface area (Å²) in [6.45, 7) is 4.89. The highest BCUT2D eigenvalue weighted by molar-refractivity contribution is 7.10. The van der Waals surface area contributed by atoms with Crippen molar-refractivity contribution in [3.8, 4) is 0 Å². The van der Waals surface area contributed by atoms with Gasteiger partial charge in [-0.15, -0.1) is 11.3 Å². The van der Waals surface area contributed by atoms with Crippen molar-refractivity contribution in [1.29, 1.82) is 0 Å². The molecule has 1 aromatic heterocycles. The largest absolute Gasteiger partial charge is 0.466 e. The Hall–Kier alpha value is -0.870. The molecule has 16 heavy (non-hydrogen) atoms. The van der Waals surface area contributed by atoms with Crippen molar-refractivity contribution >= 4 is 17.3 Å². The molecule has 1 unspecified atom stereocenters. The quantitative estimate of drug-likeness (QED) is 0.761. The van der Waals surface area contributed by atoms with Crippen molar-refractivity contribution in [1.82, 2.24) is 0 Å². The smallest absolute Gasteiger partial charge is 0.309 e. The van der Waals surface area contributed by atoms with Crippen LogP contribution in [0.2, 0.25) is 0 Å². The third-order valence-electron chi connectivity index (χ3n) is 2.85. The van der Waals surface area contributed by atoms with Crippen LogP contribution in [0.5, 0.6) is 0 Å². The van der Waals surface area contributed by atoms with Gasteiger partial charge in [0.05, 0.1) is 19.6 Å². The van der Waals surface area contributed by atoms with Crippen molar-refractivity contribution in [3.63, 3.8) is 0 Å². The molecule has 0 bridgehead atoms. The maximum Gasteiger partial charge on any atom is 0.309 e. The third kappa shape index (κ3) is 2.13. The number of hydrogen-bond acceptors (Lipinski definition) is 4. The van der Waals surface area contributed by atoms with Gasteiger partial charge in [0.25, 0.3) is 0 Å². The first-order valence-electron chi connectivity index (χ1n) is 5.52. The van der Waals surface area contributed by atoms with E-state index in [4.69, 9.17) is 9.47 Å². The Balaban J connectivity index is 2.17. The molecule has 4 heteroatoms. The highest BCUT2D eigenvalue weighted by Crippen LogP contribution is 2.38. The van der Waals surface area contributed by atoms with E-state index in [-0.39, 0.29) is 5.97 Å². The second kappa shape index (κ2) is 4.55. The molecule has 88 valence electrons. The molecule has 2 heterocycles. The van der Waals surface area contributed by atoms with E-state index in [1.54, 1.807) is 11.3 Å². The van der Waals surface area contributed by atoms with Crippen LogP contribution in [0.15, 0.2) is 11.4 Å². The van der Waals surface area contributed by atoms with Gasteiger partial charge in [-0.05, 0) is 30.9 Å². The lowest BCUT2D eigenvalue weighted by Gasteiger charge is -2.33. The zero-order chi connectivity index (χ0) is 11.6. The highest BCUT2D eigenvalue weighted by Gasteiger charge is 2.36. The van der Waals surface area contributed by atoms with E-state index in [0.717, 1.165) is 12.0 Å². The topological polar surface area (TPSA) is 35.5 Å². The van der Waals surface area contributed by atoms with Gasteiger partial charge in [0, 0.05) is 11.3 Å². The van der Waals surface area contributed by atoms with Crippen molar-refractivity contribution in [3.05, 3.63) is 21.9 Å². The zero-order valence-corrected chi connectivity index (χ0v) is 10.4. The summed E-state index contributed by atoms with van der Waals surface area (Å²) < 4.78 is 10.8. The molecular weight excluding hydrogens is 224 g/mol.